The normalized spacial score (nSPS) is 14.1. The number of benzene rings is 1. The number of hydrogen-bond acceptors (Lipinski definition) is 7. The maximum atomic E-state index is 12.8. The van der Waals surface area contributed by atoms with Gasteiger partial charge < -0.3 is 19.9 Å². The highest BCUT2D eigenvalue weighted by molar-refractivity contribution is 6.19. The second kappa shape index (κ2) is 7.26. The van der Waals surface area contributed by atoms with Gasteiger partial charge in [0.05, 0.1) is 19.9 Å². The Hall–Kier alpha value is -3.49. The van der Waals surface area contributed by atoms with Crippen LogP contribution in [0.3, 0.4) is 0 Å². The summed E-state index contributed by atoms with van der Waals surface area (Å²) in [4.78, 5) is 37.7. The topological polar surface area (TPSA) is 112 Å². The third-order valence-corrected chi connectivity index (χ3v) is 4.53. The summed E-state index contributed by atoms with van der Waals surface area (Å²) in [5.74, 6) is -0.122. The van der Waals surface area contributed by atoms with Crippen molar-refractivity contribution in [1.82, 2.24) is 9.13 Å². The van der Waals surface area contributed by atoms with Gasteiger partial charge in [-0.1, -0.05) is 6.92 Å². The highest BCUT2D eigenvalue weighted by Gasteiger charge is 2.32. The molecule has 0 radical (unpaired) electrons. The van der Waals surface area contributed by atoms with E-state index < -0.39 is 17.0 Å². The molecule has 148 valence electrons. The number of Topliss-reactive ketones (excluding diaryl/α,β-unsaturated/α-hetero) is 1. The zero-order chi connectivity index (χ0) is 20.6. The van der Waals surface area contributed by atoms with Gasteiger partial charge in [0.1, 0.15) is 11.4 Å². The number of aromatic hydroxyl groups is 1. The summed E-state index contributed by atoms with van der Waals surface area (Å²) in [5.41, 5.74) is -0.553. The lowest BCUT2D eigenvalue weighted by atomic mass is 10.1. The summed E-state index contributed by atoms with van der Waals surface area (Å²) in [6, 6.07) is 3.06. The number of methoxy groups -OCH3 is 2. The predicted octanol–water partition coefficient (Wildman–Crippen LogP) is 1.33. The van der Waals surface area contributed by atoms with Crippen molar-refractivity contribution in [1.29, 1.82) is 0 Å². The van der Waals surface area contributed by atoms with Gasteiger partial charge in [0.15, 0.2) is 11.5 Å². The maximum Gasteiger partial charge on any atom is 0.332 e. The minimum Gasteiger partial charge on any atom is -0.502 e. The third kappa shape index (κ3) is 2.94. The number of ether oxygens (including phenoxy) is 2. The predicted molar refractivity (Wildman–Crippen MR) is 103 cm³/mol. The van der Waals surface area contributed by atoms with E-state index in [1.807, 2.05) is 6.92 Å². The number of ketones is 1. The molecule has 0 saturated carbocycles. The zero-order valence-corrected chi connectivity index (χ0v) is 16.0. The van der Waals surface area contributed by atoms with Crippen molar-refractivity contribution in [3.05, 3.63) is 49.8 Å². The van der Waals surface area contributed by atoms with Crippen molar-refractivity contribution in [2.24, 2.45) is 7.05 Å². The van der Waals surface area contributed by atoms with Gasteiger partial charge in [0.2, 0.25) is 11.5 Å². The lowest BCUT2D eigenvalue weighted by Gasteiger charge is -2.12. The Balaban J connectivity index is 2.15. The minimum absolute atomic E-state index is 0.0699. The van der Waals surface area contributed by atoms with Crippen LogP contribution in [0.4, 0.5) is 5.82 Å². The number of nitrogens with zero attached hydrogens (tertiary/aromatic N) is 2. The lowest BCUT2D eigenvalue weighted by molar-refractivity contribution is 0.104. The first-order valence-corrected chi connectivity index (χ1v) is 8.66. The molecule has 1 aromatic carbocycles. The molecule has 0 fully saturated rings. The van der Waals surface area contributed by atoms with Crippen LogP contribution in [0.1, 0.15) is 29.3 Å². The monoisotopic (exact) mass is 387 g/mol. The minimum atomic E-state index is -0.644. The standard InChI is InChI=1S/C19H21N3O6/c1-5-6-22-17-14(18(25)21(2)19(22)26)15(23)11(20-17)7-10-8-12(27-3)16(24)13(9-10)28-4/h7-9,20,24H,5-6H2,1-4H3/b11-7+. The largest absolute Gasteiger partial charge is 0.502 e. The summed E-state index contributed by atoms with van der Waals surface area (Å²) in [6.07, 6.45) is 2.17. The molecule has 1 aromatic heterocycles. The molecule has 0 amide bonds. The van der Waals surface area contributed by atoms with E-state index in [4.69, 9.17) is 9.47 Å². The summed E-state index contributed by atoms with van der Waals surface area (Å²) >= 11 is 0. The SMILES string of the molecule is CCCn1c2c(c(=O)n(C)c1=O)C(=O)/C(=C\c1cc(OC)c(O)c(OC)c1)N2. The van der Waals surface area contributed by atoms with Gasteiger partial charge in [-0.3, -0.25) is 18.7 Å². The van der Waals surface area contributed by atoms with Gasteiger partial charge in [-0.2, -0.15) is 0 Å². The van der Waals surface area contributed by atoms with Crippen LogP contribution in [0.15, 0.2) is 27.4 Å². The van der Waals surface area contributed by atoms with Crippen molar-refractivity contribution in [2.75, 3.05) is 19.5 Å². The lowest BCUT2D eigenvalue weighted by Crippen LogP contribution is -2.40. The molecular formula is C19H21N3O6. The van der Waals surface area contributed by atoms with Gasteiger partial charge >= 0.3 is 5.69 Å². The Morgan fingerprint density at radius 1 is 1.14 bits per heavy atom. The van der Waals surface area contributed by atoms with E-state index in [-0.39, 0.29) is 34.3 Å². The fourth-order valence-electron chi connectivity index (χ4n) is 3.12. The number of carbonyl (C=O) groups excluding carboxylic acids is 1. The van der Waals surface area contributed by atoms with Gasteiger partial charge in [-0.05, 0) is 30.2 Å². The number of carbonyl (C=O) groups is 1. The number of allylic oxidation sites excluding steroid dienone is 1. The zero-order valence-electron chi connectivity index (χ0n) is 16.0. The van der Waals surface area contributed by atoms with Crippen LogP contribution < -0.4 is 26.0 Å². The molecule has 9 nitrogen and oxygen atoms in total. The van der Waals surface area contributed by atoms with Crippen molar-refractivity contribution in [2.45, 2.75) is 19.9 Å². The molecule has 1 aliphatic rings. The van der Waals surface area contributed by atoms with E-state index in [1.165, 1.54) is 44.0 Å². The molecule has 9 heteroatoms. The Morgan fingerprint density at radius 3 is 2.29 bits per heavy atom. The molecular weight excluding hydrogens is 366 g/mol. The molecule has 28 heavy (non-hydrogen) atoms. The molecule has 0 spiro atoms. The third-order valence-electron chi connectivity index (χ3n) is 4.53. The quantitative estimate of drug-likeness (QED) is 0.745. The summed E-state index contributed by atoms with van der Waals surface area (Å²) in [6.45, 7) is 2.26. The number of rotatable bonds is 5. The summed E-state index contributed by atoms with van der Waals surface area (Å²) in [5, 5.41) is 12.9. The summed E-state index contributed by atoms with van der Waals surface area (Å²) in [7, 11) is 4.14. The number of nitrogens with one attached hydrogen (secondary N) is 1. The van der Waals surface area contributed by atoms with Gasteiger partial charge in [-0.25, -0.2) is 4.79 Å². The second-order valence-electron chi connectivity index (χ2n) is 6.31. The first kappa shape index (κ1) is 19.3. The van der Waals surface area contributed by atoms with Crippen molar-refractivity contribution in [3.63, 3.8) is 0 Å². The Labute approximate surface area is 160 Å². The fraction of sp³-hybridized carbons (Fsp3) is 0.316. The molecule has 0 bridgehead atoms. The van der Waals surface area contributed by atoms with Crippen LogP contribution in [-0.4, -0.2) is 34.2 Å². The average molecular weight is 387 g/mol. The summed E-state index contributed by atoms with van der Waals surface area (Å²) < 4.78 is 12.6. The number of anilines is 1. The van der Waals surface area contributed by atoms with Crippen LogP contribution in [0.2, 0.25) is 0 Å². The van der Waals surface area contributed by atoms with Crippen LogP contribution in [0.25, 0.3) is 6.08 Å². The first-order valence-electron chi connectivity index (χ1n) is 8.66. The molecule has 2 aromatic rings. The Bertz CT molecular complexity index is 1080. The highest BCUT2D eigenvalue weighted by atomic mass is 16.5. The first-order chi connectivity index (χ1) is 13.3. The number of phenolic OH excluding ortho intramolecular Hbond substituents is 1. The van der Waals surface area contributed by atoms with Crippen molar-refractivity contribution in [3.8, 4) is 17.2 Å². The molecule has 2 heterocycles. The Morgan fingerprint density at radius 2 is 1.75 bits per heavy atom. The van der Waals surface area contributed by atoms with Gasteiger partial charge in [0, 0.05) is 13.6 Å². The highest BCUT2D eigenvalue weighted by Crippen LogP contribution is 2.38. The van der Waals surface area contributed by atoms with Crippen LogP contribution in [-0.2, 0) is 13.6 Å². The van der Waals surface area contributed by atoms with E-state index in [2.05, 4.69) is 5.32 Å². The number of fused-ring (bicyclic) bond motifs is 1. The van der Waals surface area contributed by atoms with E-state index in [1.54, 1.807) is 0 Å². The van der Waals surface area contributed by atoms with Crippen LogP contribution >= 0.6 is 0 Å². The van der Waals surface area contributed by atoms with E-state index in [0.29, 0.717) is 18.5 Å². The Kier molecular flexibility index (Phi) is 5.00. The fourth-order valence-corrected chi connectivity index (χ4v) is 3.12. The molecule has 0 aliphatic carbocycles. The number of phenols is 1. The number of aromatic nitrogens is 2. The second-order valence-corrected chi connectivity index (χ2v) is 6.31. The molecule has 2 N–H and O–H groups in total. The average Bonchev–Trinajstić information content (AvgIpc) is 3.00. The van der Waals surface area contributed by atoms with Crippen LogP contribution in [0.5, 0.6) is 17.2 Å². The van der Waals surface area contributed by atoms with Gasteiger partial charge in [0.25, 0.3) is 5.56 Å². The van der Waals surface area contributed by atoms with Crippen molar-refractivity contribution < 1.29 is 19.4 Å². The van der Waals surface area contributed by atoms with E-state index >= 15 is 0 Å². The molecule has 0 unspecified atom stereocenters. The molecule has 0 saturated heterocycles. The van der Waals surface area contributed by atoms with Crippen LogP contribution in [0, 0.1) is 0 Å². The van der Waals surface area contributed by atoms with Gasteiger partial charge in [-0.15, -0.1) is 0 Å². The van der Waals surface area contributed by atoms with E-state index in [0.717, 1.165) is 4.57 Å². The van der Waals surface area contributed by atoms with Crippen molar-refractivity contribution >= 4 is 17.7 Å². The molecule has 3 rings (SSSR count). The van der Waals surface area contributed by atoms with E-state index in [9.17, 15) is 19.5 Å². The molecule has 0 atom stereocenters. The molecule has 1 aliphatic heterocycles. The maximum absolute atomic E-state index is 12.8. The smallest absolute Gasteiger partial charge is 0.332 e. The number of hydrogen-bond donors (Lipinski definition) is 2.